The van der Waals surface area contributed by atoms with Gasteiger partial charge in [-0.2, -0.15) is 17.6 Å². The summed E-state index contributed by atoms with van der Waals surface area (Å²) in [6.45, 7) is 0. The van der Waals surface area contributed by atoms with E-state index in [1.165, 1.54) is 29.3 Å². The Morgan fingerprint density at radius 3 is 2.42 bits per heavy atom. The van der Waals surface area contributed by atoms with Crippen molar-refractivity contribution in [1.82, 2.24) is 18.9 Å². The highest BCUT2D eigenvalue weighted by atomic mass is 79.9. The van der Waals surface area contributed by atoms with Crippen LogP contribution in [0, 0.1) is 0 Å². The van der Waals surface area contributed by atoms with Crippen LogP contribution < -0.4 is 4.99 Å². The van der Waals surface area contributed by atoms with Gasteiger partial charge in [0.05, 0.1) is 35.5 Å². The number of fused-ring (bicyclic) bond motifs is 1. The Hall–Kier alpha value is -3.12. The zero-order chi connectivity index (χ0) is 22.8. The highest BCUT2D eigenvalue weighted by Crippen LogP contribution is 2.32. The van der Waals surface area contributed by atoms with Crippen LogP contribution in [0.25, 0.3) is 22.2 Å². The maximum absolute atomic E-state index is 12.9. The Morgan fingerprint density at radius 2 is 1.67 bits per heavy atom. The van der Waals surface area contributed by atoms with Crippen molar-refractivity contribution in [3.63, 3.8) is 0 Å². The van der Waals surface area contributed by atoms with Gasteiger partial charge in [-0.15, -0.1) is 4.73 Å². The number of rotatable bonds is 7. The lowest BCUT2D eigenvalue weighted by molar-refractivity contribution is -0.188. The van der Waals surface area contributed by atoms with E-state index in [1.807, 2.05) is 36.4 Å². The second kappa shape index (κ2) is 9.02. The minimum Gasteiger partial charge on any atom is -0.234 e. The van der Waals surface area contributed by atoms with Crippen LogP contribution in [0.15, 0.2) is 106 Å². The summed E-state index contributed by atoms with van der Waals surface area (Å²) >= 11 is 4.50. The SMILES string of the molecule is O=S(=O)(c1ccccc1)n1cc(-c2cn(OOSc3ccccc3)c3ncc(Br)cc23)cn1. The van der Waals surface area contributed by atoms with Crippen molar-refractivity contribution in [2.75, 3.05) is 0 Å². The van der Waals surface area contributed by atoms with Gasteiger partial charge in [-0.25, -0.2) is 9.97 Å². The van der Waals surface area contributed by atoms with Crippen LogP contribution in [0.2, 0.25) is 0 Å². The summed E-state index contributed by atoms with van der Waals surface area (Å²) in [6, 6.07) is 19.5. The van der Waals surface area contributed by atoms with Crippen molar-refractivity contribution in [2.24, 2.45) is 0 Å². The molecule has 33 heavy (non-hydrogen) atoms. The molecule has 0 aliphatic heterocycles. The number of halogens is 1. The molecule has 0 saturated heterocycles. The Bertz CT molecular complexity index is 1520. The predicted octanol–water partition coefficient (Wildman–Crippen LogP) is 4.97. The molecule has 3 heterocycles. The average molecular weight is 543 g/mol. The first kappa shape index (κ1) is 21.7. The Morgan fingerprint density at radius 1 is 0.939 bits per heavy atom. The zero-order valence-electron chi connectivity index (χ0n) is 16.8. The van der Waals surface area contributed by atoms with Gasteiger partial charge in [-0.05, 0) is 46.3 Å². The molecule has 0 aliphatic carbocycles. The Labute approximate surface area is 202 Å². The van der Waals surface area contributed by atoms with Crippen LogP contribution in [0.4, 0.5) is 0 Å². The number of pyridine rings is 1. The van der Waals surface area contributed by atoms with Gasteiger partial charge in [-0.3, -0.25) is 0 Å². The molecule has 0 atom stereocenters. The highest BCUT2D eigenvalue weighted by molar-refractivity contribution is 9.10. The van der Waals surface area contributed by atoms with Gasteiger partial charge in [0.2, 0.25) is 0 Å². The molecule has 3 aromatic heterocycles. The van der Waals surface area contributed by atoms with E-state index in [0.717, 1.165) is 30.9 Å². The van der Waals surface area contributed by atoms with E-state index in [1.54, 1.807) is 30.6 Å². The summed E-state index contributed by atoms with van der Waals surface area (Å²) in [4.78, 5) is 10.9. The van der Waals surface area contributed by atoms with E-state index >= 15 is 0 Å². The number of benzene rings is 2. The number of aromatic nitrogens is 4. The summed E-state index contributed by atoms with van der Waals surface area (Å²) in [5.74, 6) is 0. The van der Waals surface area contributed by atoms with Crippen LogP contribution in [-0.2, 0) is 14.4 Å². The molecule has 0 N–H and O–H groups in total. The molecule has 0 spiro atoms. The molecule has 2 aromatic carbocycles. The molecule has 11 heteroatoms. The van der Waals surface area contributed by atoms with E-state index in [0.29, 0.717) is 16.8 Å². The maximum Gasteiger partial charge on any atom is 0.282 e. The van der Waals surface area contributed by atoms with Gasteiger partial charge in [0.1, 0.15) is 0 Å². The fourth-order valence-electron chi connectivity index (χ4n) is 3.18. The van der Waals surface area contributed by atoms with Gasteiger partial charge in [0, 0.05) is 32.1 Å². The molecule has 0 amide bonds. The first-order valence-corrected chi connectivity index (χ1v) is 12.6. The molecular formula is C22H15BrN4O4S2. The predicted molar refractivity (Wildman–Crippen MR) is 128 cm³/mol. The molecule has 0 unspecified atom stereocenters. The molecule has 5 rings (SSSR count). The maximum atomic E-state index is 12.9. The van der Waals surface area contributed by atoms with Gasteiger partial charge < -0.3 is 0 Å². The van der Waals surface area contributed by atoms with Crippen molar-refractivity contribution in [3.05, 3.63) is 96.0 Å². The van der Waals surface area contributed by atoms with Crippen molar-refractivity contribution < 1.29 is 17.7 Å². The summed E-state index contributed by atoms with van der Waals surface area (Å²) in [6.07, 6.45) is 6.26. The molecule has 8 nitrogen and oxygen atoms in total. The van der Waals surface area contributed by atoms with Crippen LogP contribution >= 0.6 is 28.0 Å². The Balaban J connectivity index is 1.48. The fraction of sp³-hybridized carbons (Fsp3) is 0. The summed E-state index contributed by atoms with van der Waals surface area (Å²) in [5, 5.41) is 4.82. The van der Waals surface area contributed by atoms with Crippen molar-refractivity contribution in [3.8, 4) is 11.1 Å². The second-order valence-corrected chi connectivity index (χ2v) is 10.3. The standard InChI is InChI=1S/C22H15BrN4O4S2/c23-17-11-20-21(16-12-25-27(14-16)33(28,29)19-9-5-2-6-10-19)15-26(22(20)24-13-17)30-31-32-18-7-3-1-4-8-18/h1-15H. The lowest BCUT2D eigenvalue weighted by Gasteiger charge is -2.04. The van der Waals surface area contributed by atoms with E-state index in [4.69, 9.17) is 9.32 Å². The van der Waals surface area contributed by atoms with E-state index in [2.05, 4.69) is 26.0 Å². The van der Waals surface area contributed by atoms with E-state index < -0.39 is 10.0 Å². The van der Waals surface area contributed by atoms with Crippen LogP contribution in [0.3, 0.4) is 0 Å². The van der Waals surface area contributed by atoms with Crippen LogP contribution in [0.1, 0.15) is 0 Å². The lowest BCUT2D eigenvalue weighted by atomic mass is 10.1. The fourth-order valence-corrected chi connectivity index (χ4v) is 5.09. The van der Waals surface area contributed by atoms with Gasteiger partial charge in [0.25, 0.3) is 10.0 Å². The topological polar surface area (TPSA) is 88.2 Å². The van der Waals surface area contributed by atoms with Crippen LogP contribution in [-0.4, -0.2) is 27.3 Å². The van der Waals surface area contributed by atoms with Crippen molar-refractivity contribution in [1.29, 1.82) is 0 Å². The normalized spacial score (nSPS) is 11.7. The molecule has 0 fully saturated rings. The third-order valence-corrected chi connectivity index (χ3v) is 7.31. The van der Waals surface area contributed by atoms with Crippen LogP contribution in [0.5, 0.6) is 0 Å². The third kappa shape index (κ3) is 4.40. The van der Waals surface area contributed by atoms with Gasteiger partial charge >= 0.3 is 0 Å². The first-order valence-electron chi connectivity index (χ1n) is 9.61. The van der Waals surface area contributed by atoms with E-state index in [-0.39, 0.29) is 4.90 Å². The average Bonchev–Trinajstić information content (AvgIpc) is 3.46. The highest BCUT2D eigenvalue weighted by Gasteiger charge is 2.20. The quantitative estimate of drug-likeness (QED) is 0.163. The molecule has 0 bridgehead atoms. The summed E-state index contributed by atoms with van der Waals surface area (Å²) in [7, 11) is -3.81. The molecule has 166 valence electrons. The number of nitrogens with zero attached hydrogens (tertiary/aromatic N) is 4. The molecule has 0 aliphatic rings. The molecule has 5 aromatic rings. The van der Waals surface area contributed by atoms with Gasteiger partial charge in [-0.1, -0.05) is 40.7 Å². The minimum atomic E-state index is -3.81. The molecule has 0 radical (unpaired) electrons. The Kier molecular flexibility index (Phi) is 5.94. The first-order chi connectivity index (χ1) is 16.0. The smallest absolute Gasteiger partial charge is 0.234 e. The lowest BCUT2D eigenvalue weighted by Crippen LogP contribution is -2.13. The zero-order valence-corrected chi connectivity index (χ0v) is 20.0. The van der Waals surface area contributed by atoms with Crippen molar-refractivity contribution in [2.45, 2.75) is 9.79 Å². The molecular weight excluding hydrogens is 528 g/mol. The largest absolute Gasteiger partial charge is 0.282 e. The van der Waals surface area contributed by atoms with Gasteiger partial charge in [0.15, 0.2) is 5.65 Å². The number of hydrogen-bond acceptors (Lipinski definition) is 7. The van der Waals surface area contributed by atoms with E-state index in [9.17, 15) is 8.42 Å². The molecule has 0 saturated carbocycles. The third-order valence-electron chi connectivity index (χ3n) is 4.72. The second-order valence-electron chi connectivity index (χ2n) is 6.85. The minimum absolute atomic E-state index is 0.154. The van der Waals surface area contributed by atoms with Crippen molar-refractivity contribution >= 4 is 49.0 Å². The summed E-state index contributed by atoms with van der Waals surface area (Å²) < 4.78 is 34.2. The summed E-state index contributed by atoms with van der Waals surface area (Å²) in [5.41, 5.74) is 1.76. The monoisotopic (exact) mass is 542 g/mol. The number of hydrogen-bond donors (Lipinski definition) is 0.